The maximum atomic E-state index is 4.31. The number of hydrogen-bond donors (Lipinski definition) is 0. The van der Waals surface area contributed by atoms with Crippen LogP contribution in [0.3, 0.4) is 0 Å². The maximum absolute atomic E-state index is 4.31. The van der Waals surface area contributed by atoms with E-state index < -0.39 is 0 Å². The average molecular weight is 341 g/mol. The van der Waals surface area contributed by atoms with E-state index in [1.54, 1.807) is 0 Å². The first-order chi connectivity index (χ1) is 11.8. The van der Waals surface area contributed by atoms with Crippen molar-refractivity contribution in [2.24, 2.45) is 11.8 Å². The van der Waals surface area contributed by atoms with Crippen LogP contribution in [0.4, 0.5) is 0 Å². The summed E-state index contributed by atoms with van der Waals surface area (Å²) in [6.07, 6.45) is 18.9. The normalized spacial score (nSPS) is 14.7. The zero-order valence-electron chi connectivity index (χ0n) is 17.6. The molecule has 0 heteroatoms. The Balaban J connectivity index is 4.43. The third kappa shape index (κ3) is 10.8. The fourth-order valence-electron chi connectivity index (χ4n) is 2.61. The topological polar surface area (TPSA) is 0 Å². The lowest BCUT2D eigenvalue weighted by Gasteiger charge is -2.15. The van der Waals surface area contributed by atoms with Crippen LogP contribution in [0.1, 0.15) is 73.6 Å². The largest absolute Gasteiger partial charge is 0.0958 e. The molecule has 0 saturated carbocycles. The molecule has 0 amide bonds. The molecule has 0 nitrogen and oxygen atoms in total. The molecule has 0 saturated heterocycles. The molecule has 0 N–H and O–H groups in total. The smallest absolute Gasteiger partial charge is 0.0190 e. The summed E-state index contributed by atoms with van der Waals surface area (Å²) in [6.45, 7) is 21.6. The molecule has 25 heavy (non-hydrogen) atoms. The van der Waals surface area contributed by atoms with Crippen molar-refractivity contribution in [2.45, 2.75) is 73.6 Å². The number of rotatable bonds is 12. The van der Waals surface area contributed by atoms with Gasteiger partial charge < -0.3 is 0 Å². The van der Waals surface area contributed by atoms with Crippen LogP contribution in [-0.2, 0) is 0 Å². The summed E-state index contributed by atoms with van der Waals surface area (Å²) in [5.41, 5.74) is 5.00. The second kappa shape index (κ2) is 13.7. The maximum Gasteiger partial charge on any atom is -0.0190 e. The Morgan fingerprint density at radius 1 is 1.04 bits per heavy atom. The predicted octanol–water partition coefficient (Wildman–Crippen LogP) is 8.37. The van der Waals surface area contributed by atoms with Gasteiger partial charge in [0.15, 0.2) is 0 Å². The second-order valence-corrected chi connectivity index (χ2v) is 7.19. The monoisotopic (exact) mass is 340 g/mol. The van der Waals surface area contributed by atoms with E-state index in [2.05, 4.69) is 91.2 Å². The molecule has 0 aromatic rings. The van der Waals surface area contributed by atoms with Gasteiger partial charge in [0, 0.05) is 0 Å². The van der Waals surface area contributed by atoms with E-state index in [1.807, 2.05) is 0 Å². The minimum absolute atomic E-state index is 0.483. The lowest BCUT2D eigenvalue weighted by Crippen LogP contribution is -2.00. The molecular formula is C25H40. The molecule has 1 atom stereocenters. The Morgan fingerprint density at radius 2 is 1.68 bits per heavy atom. The van der Waals surface area contributed by atoms with Gasteiger partial charge in [-0.2, -0.15) is 0 Å². The van der Waals surface area contributed by atoms with Crippen molar-refractivity contribution < 1.29 is 0 Å². The van der Waals surface area contributed by atoms with Gasteiger partial charge in [0.25, 0.3) is 0 Å². The van der Waals surface area contributed by atoms with Crippen molar-refractivity contribution in [1.29, 1.82) is 0 Å². The molecule has 0 aliphatic heterocycles. The number of hydrogen-bond acceptors (Lipinski definition) is 0. The SMILES string of the molecule is C=C(/C=C\C(C)=C/C)CCC(C)C(=C)/C(C)=C\C=CCC(CC)CC. The standard InChI is InChI=1S/C25H40/c1-9-20(4)16-17-21(5)18-19-23(7)24(8)22(6)14-12-13-15-25(10-2)11-3/h9,12-14,16-17,23,25H,5,8,10-11,15,18-19H2,1-4,6-7H3/b13-12?,17-16-,20-9-,22-14-. The van der Waals surface area contributed by atoms with E-state index in [9.17, 15) is 0 Å². The molecule has 0 spiro atoms. The molecule has 0 aromatic heterocycles. The molecule has 0 heterocycles. The van der Waals surface area contributed by atoms with E-state index >= 15 is 0 Å². The lowest BCUT2D eigenvalue weighted by atomic mass is 9.90. The fraction of sp³-hybridized carbons (Fsp3) is 0.520. The van der Waals surface area contributed by atoms with E-state index in [0.29, 0.717) is 5.92 Å². The van der Waals surface area contributed by atoms with Gasteiger partial charge in [-0.3, -0.25) is 0 Å². The van der Waals surface area contributed by atoms with Crippen LogP contribution in [0.2, 0.25) is 0 Å². The molecule has 0 aliphatic carbocycles. The van der Waals surface area contributed by atoms with Crippen molar-refractivity contribution in [1.82, 2.24) is 0 Å². The molecule has 0 aliphatic rings. The van der Waals surface area contributed by atoms with Crippen LogP contribution in [0.5, 0.6) is 0 Å². The summed E-state index contributed by atoms with van der Waals surface area (Å²) in [6, 6.07) is 0. The Labute approximate surface area is 157 Å². The van der Waals surface area contributed by atoms with Gasteiger partial charge in [-0.1, -0.05) is 94.4 Å². The molecule has 0 fully saturated rings. The predicted molar refractivity (Wildman–Crippen MR) is 117 cm³/mol. The third-order valence-corrected chi connectivity index (χ3v) is 5.14. The van der Waals surface area contributed by atoms with Crippen molar-refractivity contribution >= 4 is 0 Å². The summed E-state index contributed by atoms with van der Waals surface area (Å²) in [5, 5.41) is 0. The molecule has 0 radical (unpaired) electrons. The highest BCUT2D eigenvalue weighted by atomic mass is 14.1. The minimum Gasteiger partial charge on any atom is -0.0958 e. The molecule has 0 bridgehead atoms. The van der Waals surface area contributed by atoms with Crippen LogP contribution in [0.25, 0.3) is 0 Å². The van der Waals surface area contributed by atoms with E-state index in [0.717, 1.165) is 18.8 Å². The first-order valence-electron chi connectivity index (χ1n) is 9.86. The van der Waals surface area contributed by atoms with Crippen molar-refractivity contribution in [3.8, 4) is 0 Å². The zero-order valence-corrected chi connectivity index (χ0v) is 17.6. The average Bonchev–Trinajstić information content (AvgIpc) is 2.63. The first-order valence-corrected chi connectivity index (χ1v) is 9.86. The van der Waals surface area contributed by atoms with Gasteiger partial charge in [0.1, 0.15) is 0 Å². The lowest BCUT2D eigenvalue weighted by molar-refractivity contribution is 0.500. The molecular weight excluding hydrogens is 300 g/mol. The molecule has 0 rings (SSSR count). The van der Waals surface area contributed by atoms with Gasteiger partial charge in [-0.05, 0) is 63.0 Å². The van der Waals surface area contributed by atoms with E-state index in [1.165, 1.54) is 41.6 Å². The second-order valence-electron chi connectivity index (χ2n) is 7.19. The van der Waals surface area contributed by atoms with Gasteiger partial charge in [0.2, 0.25) is 0 Å². The Kier molecular flexibility index (Phi) is 12.8. The van der Waals surface area contributed by atoms with Gasteiger partial charge >= 0.3 is 0 Å². The zero-order chi connectivity index (χ0) is 19.2. The first kappa shape index (κ1) is 23.4. The Bertz CT molecular complexity index is 518. The van der Waals surface area contributed by atoms with Crippen LogP contribution >= 0.6 is 0 Å². The number of allylic oxidation sites excluding steroid dienone is 10. The van der Waals surface area contributed by atoms with Gasteiger partial charge in [-0.25, -0.2) is 0 Å². The molecule has 1 unspecified atom stereocenters. The Morgan fingerprint density at radius 3 is 2.24 bits per heavy atom. The Hall–Kier alpha value is -1.56. The van der Waals surface area contributed by atoms with Crippen LogP contribution < -0.4 is 0 Å². The summed E-state index contributed by atoms with van der Waals surface area (Å²) in [4.78, 5) is 0. The summed E-state index contributed by atoms with van der Waals surface area (Å²) >= 11 is 0. The molecule has 0 aromatic carbocycles. The summed E-state index contributed by atoms with van der Waals surface area (Å²) < 4.78 is 0. The van der Waals surface area contributed by atoms with Crippen molar-refractivity contribution in [2.75, 3.05) is 0 Å². The summed E-state index contributed by atoms with van der Waals surface area (Å²) in [7, 11) is 0. The van der Waals surface area contributed by atoms with E-state index in [-0.39, 0.29) is 0 Å². The highest BCUT2D eigenvalue weighted by Gasteiger charge is 2.08. The van der Waals surface area contributed by atoms with Gasteiger partial charge in [0.05, 0.1) is 0 Å². The van der Waals surface area contributed by atoms with Crippen molar-refractivity contribution in [3.63, 3.8) is 0 Å². The van der Waals surface area contributed by atoms with Gasteiger partial charge in [-0.15, -0.1) is 0 Å². The minimum atomic E-state index is 0.483. The van der Waals surface area contributed by atoms with Crippen LogP contribution in [0.15, 0.2) is 71.9 Å². The van der Waals surface area contributed by atoms with E-state index in [4.69, 9.17) is 0 Å². The van der Waals surface area contributed by atoms with Crippen LogP contribution in [-0.4, -0.2) is 0 Å². The molecule has 140 valence electrons. The fourth-order valence-corrected chi connectivity index (χ4v) is 2.61. The van der Waals surface area contributed by atoms with Crippen molar-refractivity contribution in [3.05, 3.63) is 71.9 Å². The third-order valence-electron chi connectivity index (χ3n) is 5.14. The van der Waals surface area contributed by atoms with Crippen LogP contribution in [0, 0.1) is 11.8 Å². The highest BCUT2D eigenvalue weighted by molar-refractivity contribution is 5.32. The summed E-state index contributed by atoms with van der Waals surface area (Å²) in [5.74, 6) is 1.30. The quantitative estimate of drug-likeness (QED) is 0.313. The highest BCUT2D eigenvalue weighted by Crippen LogP contribution is 2.24.